The lowest BCUT2D eigenvalue weighted by molar-refractivity contribution is 0.122. The summed E-state index contributed by atoms with van der Waals surface area (Å²) in [5.74, 6) is 2.18. The summed E-state index contributed by atoms with van der Waals surface area (Å²) in [6.07, 6.45) is 0. The summed E-state index contributed by atoms with van der Waals surface area (Å²) in [6.45, 7) is 7.49. The van der Waals surface area contributed by atoms with Crippen molar-refractivity contribution in [2.45, 2.75) is 19.8 Å². The molecule has 3 rings (SSSR count). The van der Waals surface area contributed by atoms with Crippen LogP contribution in [0.15, 0.2) is 12.1 Å². The lowest BCUT2D eigenvalue weighted by atomic mass is 10.2. The lowest BCUT2D eigenvalue weighted by Crippen LogP contribution is -2.37. The van der Waals surface area contributed by atoms with Gasteiger partial charge >= 0.3 is 0 Å². The van der Waals surface area contributed by atoms with Crippen molar-refractivity contribution in [2.24, 2.45) is 0 Å². The molecule has 2 aromatic rings. The maximum atomic E-state index is 5.35. The lowest BCUT2D eigenvalue weighted by Gasteiger charge is -2.27. The van der Waals surface area contributed by atoms with Crippen LogP contribution in [0.5, 0.6) is 0 Å². The fourth-order valence-electron chi connectivity index (χ4n) is 2.12. The summed E-state index contributed by atoms with van der Waals surface area (Å²) in [5.41, 5.74) is 0.802. The largest absolute Gasteiger partial charge is 0.378 e. The molecule has 1 aliphatic rings. The van der Waals surface area contributed by atoms with E-state index in [9.17, 15) is 0 Å². The Bertz CT molecular complexity index is 544. The Morgan fingerprint density at radius 3 is 2.67 bits per heavy atom. The van der Waals surface area contributed by atoms with E-state index in [1.807, 2.05) is 16.6 Å². The van der Waals surface area contributed by atoms with Crippen LogP contribution in [0.1, 0.15) is 25.6 Å². The van der Waals surface area contributed by atoms with Gasteiger partial charge in [0.2, 0.25) is 0 Å². The zero-order chi connectivity index (χ0) is 12.5. The average Bonchev–Trinajstić information content (AvgIpc) is 2.82. The van der Waals surface area contributed by atoms with E-state index in [1.54, 1.807) is 0 Å². The molecular formula is C12H17N5O. The third kappa shape index (κ3) is 1.92. The second-order valence-electron chi connectivity index (χ2n) is 4.77. The monoisotopic (exact) mass is 247 g/mol. The fraction of sp³-hybridized carbons (Fsp3) is 0.583. The number of fused-ring (bicyclic) bond motifs is 1. The van der Waals surface area contributed by atoms with E-state index in [-0.39, 0.29) is 0 Å². The summed E-state index contributed by atoms with van der Waals surface area (Å²) in [4.78, 5) is 2.23. The van der Waals surface area contributed by atoms with E-state index in [0.717, 1.165) is 43.6 Å². The van der Waals surface area contributed by atoms with E-state index in [4.69, 9.17) is 4.74 Å². The Hall–Kier alpha value is -1.69. The molecule has 0 amide bonds. The number of aromatic nitrogens is 4. The van der Waals surface area contributed by atoms with Crippen LogP contribution < -0.4 is 4.90 Å². The second kappa shape index (κ2) is 4.53. The van der Waals surface area contributed by atoms with Crippen LogP contribution in [0.3, 0.4) is 0 Å². The minimum atomic E-state index is 0.312. The SMILES string of the molecule is CC(C)c1nnc2ccc(N3CCOCC3)nn12. The molecule has 1 fully saturated rings. The van der Waals surface area contributed by atoms with Crippen LogP contribution >= 0.6 is 0 Å². The number of hydrogen-bond acceptors (Lipinski definition) is 5. The molecule has 3 heterocycles. The first kappa shape index (κ1) is 11.4. The molecule has 18 heavy (non-hydrogen) atoms. The van der Waals surface area contributed by atoms with Gasteiger partial charge in [0, 0.05) is 19.0 Å². The predicted octanol–water partition coefficient (Wildman–Crippen LogP) is 1.08. The van der Waals surface area contributed by atoms with Gasteiger partial charge in [0.25, 0.3) is 0 Å². The van der Waals surface area contributed by atoms with Gasteiger partial charge in [-0.3, -0.25) is 0 Å². The molecule has 96 valence electrons. The van der Waals surface area contributed by atoms with Gasteiger partial charge in [0.1, 0.15) is 5.82 Å². The van der Waals surface area contributed by atoms with Gasteiger partial charge in [0.05, 0.1) is 13.2 Å². The zero-order valence-corrected chi connectivity index (χ0v) is 10.7. The van der Waals surface area contributed by atoms with Crippen LogP contribution in [0, 0.1) is 0 Å². The Morgan fingerprint density at radius 1 is 1.17 bits per heavy atom. The van der Waals surface area contributed by atoms with Crippen LogP contribution in [0.4, 0.5) is 5.82 Å². The van der Waals surface area contributed by atoms with E-state index in [1.165, 1.54) is 0 Å². The average molecular weight is 247 g/mol. The van der Waals surface area contributed by atoms with Crippen molar-refractivity contribution >= 4 is 11.5 Å². The van der Waals surface area contributed by atoms with Gasteiger partial charge in [0.15, 0.2) is 11.5 Å². The van der Waals surface area contributed by atoms with Gasteiger partial charge in [-0.1, -0.05) is 13.8 Å². The first-order valence-electron chi connectivity index (χ1n) is 6.31. The Kier molecular flexibility index (Phi) is 2.87. The number of ether oxygens (including phenoxy) is 1. The summed E-state index contributed by atoms with van der Waals surface area (Å²) >= 11 is 0. The molecule has 6 nitrogen and oxygen atoms in total. The molecule has 0 radical (unpaired) electrons. The van der Waals surface area contributed by atoms with Gasteiger partial charge in [-0.15, -0.1) is 15.3 Å². The maximum absolute atomic E-state index is 5.35. The van der Waals surface area contributed by atoms with Crippen molar-refractivity contribution in [1.29, 1.82) is 0 Å². The quantitative estimate of drug-likeness (QED) is 0.795. The highest BCUT2D eigenvalue weighted by atomic mass is 16.5. The molecule has 0 N–H and O–H groups in total. The number of rotatable bonds is 2. The van der Waals surface area contributed by atoms with Gasteiger partial charge in [-0.05, 0) is 12.1 Å². The van der Waals surface area contributed by atoms with Crippen molar-refractivity contribution in [2.75, 3.05) is 31.2 Å². The minimum absolute atomic E-state index is 0.312. The van der Waals surface area contributed by atoms with E-state index >= 15 is 0 Å². The minimum Gasteiger partial charge on any atom is -0.378 e. The normalized spacial score (nSPS) is 16.7. The van der Waals surface area contributed by atoms with Gasteiger partial charge in [-0.2, -0.15) is 4.52 Å². The number of nitrogens with zero attached hydrogens (tertiary/aromatic N) is 5. The summed E-state index contributed by atoms with van der Waals surface area (Å²) in [6, 6.07) is 3.97. The number of hydrogen-bond donors (Lipinski definition) is 0. The molecule has 6 heteroatoms. The third-order valence-electron chi connectivity index (χ3n) is 3.12. The fourth-order valence-corrected chi connectivity index (χ4v) is 2.12. The van der Waals surface area contributed by atoms with Crippen molar-refractivity contribution in [3.63, 3.8) is 0 Å². The molecule has 0 atom stereocenters. The molecule has 0 saturated carbocycles. The van der Waals surface area contributed by atoms with Gasteiger partial charge in [-0.25, -0.2) is 0 Å². The number of morpholine rings is 1. The van der Waals surface area contributed by atoms with E-state index in [2.05, 4.69) is 34.0 Å². The van der Waals surface area contributed by atoms with Crippen LogP contribution in [-0.2, 0) is 4.74 Å². The zero-order valence-electron chi connectivity index (χ0n) is 10.7. The molecule has 2 aromatic heterocycles. The Labute approximate surface area is 106 Å². The van der Waals surface area contributed by atoms with Crippen molar-refractivity contribution in [1.82, 2.24) is 19.8 Å². The van der Waals surface area contributed by atoms with E-state index < -0.39 is 0 Å². The van der Waals surface area contributed by atoms with Crippen LogP contribution in [-0.4, -0.2) is 46.1 Å². The van der Waals surface area contributed by atoms with E-state index in [0.29, 0.717) is 5.92 Å². The second-order valence-corrected chi connectivity index (χ2v) is 4.77. The maximum Gasteiger partial charge on any atom is 0.178 e. The third-order valence-corrected chi connectivity index (χ3v) is 3.12. The summed E-state index contributed by atoms with van der Waals surface area (Å²) in [5, 5.41) is 13.0. The molecule has 0 aromatic carbocycles. The molecule has 0 bridgehead atoms. The summed E-state index contributed by atoms with van der Waals surface area (Å²) in [7, 11) is 0. The predicted molar refractivity (Wildman–Crippen MR) is 67.9 cm³/mol. The Morgan fingerprint density at radius 2 is 1.94 bits per heavy atom. The van der Waals surface area contributed by atoms with Crippen LogP contribution in [0.2, 0.25) is 0 Å². The van der Waals surface area contributed by atoms with Crippen molar-refractivity contribution < 1.29 is 4.74 Å². The molecule has 0 unspecified atom stereocenters. The molecule has 0 aliphatic carbocycles. The standard InChI is InChI=1S/C12H17N5O/c1-9(2)12-14-13-10-3-4-11(15-17(10)12)16-5-7-18-8-6-16/h3-4,9H,5-8H2,1-2H3. The molecule has 1 saturated heterocycles. The van der Waals surface area contributed by atoms with Crippen molar-refractivity contribution in [3.05, 3.63) is 18.0 Å². The molecule has 1 aliphatic heterocycles. The molecule has 0 spiro atoms. The van der Waals surface area contributed by atoms with Crippen molar-refractivity contribution in [3.8, 4) is 0 Å². The smallest absolute Gasteiger partial charge is 0.178 e. The highest BCUT2D eigenvalue weighted by Gasteiger charge is 2.15. The first-order chi connectivity index (χ1) is 8.75. The molecular weight excluding hydrogens is 230 g/mol. The Balaban J connectivity index is 2.00. The summed E-state index contributed by atoms with van der Waals surface area (Å²) < 4.78 is 7.20. The highest BCUT2D eigenvalue weighted by Crippen LogP contribution is 2.17. The number of anilines is 1. The van der Waals surface area contributed by atoms with Crippen LogP contribution in [0.25, 0.3) is 5.65 Å². The van der Waals surface area contributed by atoms with Gasteiger partial charge < -0.3 is 9.64 Å². The first-order valence-corrected chi connectivity index (χ1v) is 6.31. The topological polar surface area (TPSA) is 55.5 Å². The highest BCUT2D eigenvalue weighted by molar-refractivity contribution is 5.46.